The molecule has 0 bridgehead atoms. The molecule has 0 spiro atoms. The Morgan fingerprint density at radius 1 is 0.373 bits per heavy atom. The first-order valence-corrected chi connectivity index (χ1v) is 17.6. The highest BCUT2D eigenvalue weighted by Crippen LogP contribution is 2.58. The van der Waals surface area contributed by atoms with Crippen molar-refractivity contribution in [2.75, 3.05) is 0 Å². The first kappa shape index (κ1) is 28.1. The van der Waals surface area contributed by atoms with Crippen LogP contribution in [0.15, 0.2) is 182 Å². The minimum atomic E-state index is 0.971. The van der Waals surface area contributed by atoms with Crippen molar-refractivity contribution in [1.82, 2.24) is 9.38 Å². The molecule has 236 valence electrons. The van der Waals surface area contributed by atoms with Gasteiger partial charge in [-0.3, -0.25) is 0 Å². The van der Waals surface area contributed by atoms with Crippen LogP contribution < -0.4 is 0 Å². The average Bonchev–Trinajstić information content (AvgIpc) is 3.79. The number of hydrogen-bond donors (Lipinski definition) is 0. The number of nitrogens with zero attached hydrogens (tertiary/aromatic N) is 2. The normalized spacial score (nSPS) is 11.9. The van der Waals surface area contributed by atoms with E-state index in [4.69, 9.17) is 4.98 Å². The average molecular weight is 647 g/mol. The van der Waals surface area contributed by atoms with Crippen molar-refractivity contribution < 1.29 is 0 Å². The summed E-state index contributed by atoms with van der Waals surface area (Å²) < 4.78 is 2.14. The van der Waals surface area contributed by atoms with Gasteiger partial charge in [0.25, 0.3) is 0 Å². The Hall–Kier alpha value is -6.77. The first-order chi connectivity index (χ1) is 25.3. The second-order valence-corrected chi connectivity index (χ2v) is 13.5. The third-order valence-electron chi connectivity index (χ3n) is 10.7. The highest BCUT2D eigenvalue weighted by molar-refractivity contribution is 6.28. The van der Waals surface area contributed by atoms with Crippen LogP contribution in [0.5, 0.6) is 0 Å². The van der Waals surface area contributed by atoms with Gasteiger partial charge in [-0.1, -0.05) is 158 Å². The second-order valence-electron chi connectivity index (χ2n) is 13.5. The van der Waals surface area contributed by atoms with Crippen molar-refractivity contribution in [3.63, 3.8) is 0 Å². The van der Waals surface area contributed by atoms with E-state index in [2.05, 4.69) is 187 Å². The van der Waals surface area contributed by atoms with Gasteiger partial charge in [-0.05, 0) is 94.7 Å². The van der Waals surface area contributed by atoms with Crippen LogP contribution in [0.4, 0.5) is 0 Å². The Bertz CT molecular complexity index is 2920. The number of aromatic nitrogens is 2. The smallest absolute Gasteiger partial charge is 0.145 e. The molecule has 2 heterocycles. The van der Waals surface area contributed by atoms with E-state index in [1.165, 1.54) is 82.6 Å². The summed E-state index contributed by atoms with van der Waals surface area (Å²) in [7, 11) is 0. The summed E-state index contributed by atoms with van der Waals surface area (Å²) in [6.45, 7) is 0. The molecule has 2 nitrogen and oxygen atoms in total. The van der Waals surface area contributed by atoms with E-state index in [1.54, 1.807) is 0 Å². The second kappa shape index (κ2) is 10.9. The molecule has 10 aromatic rings. The van der Waals surface area contributed by atoms with E-state index in [0.29, 0.717) is 0 Å². The van der Waals surface area contributed by atoms with Crippen LogP contribution in [0, 0.1) is 0 Å². The van der Waals surface area contributed by atoms with E-state index in [0.717, 1.165) is 22.3 Å². The van der Waals surface area contributed by atoms with Crippen molar-refractivity contribution in [3.8, 4) is 66.9 Å². The van der Waals surface area contributed by atoms with Crippen molar-refractivity contribution in [2.24, 2.45) is 0 Å². The molecule has 0 unspecified atom stereocenters. The predicted octanol–water partition coefficient (Wildman–Crippen LogP) is 13.1. The zero-order valence-electron chi connectivity index (χ0n) is 27.7. The van der Waals surface area contributed by atoms with Gasteiger partial charge in [0.2, 0.25) is 0 Å². The molecular weight excluding hydrogens is 617 g/mol. The number of imidazole rings is 1. The fourth-order valence-electron chi connectivity index (χ4n) is 8.56. The number of rotatable bonds is 4. The van der Waals surface area contributed by atoms with Gasteiger partial charge in [-0.15, -0.1) is 0 Å². The van der Waals surface area contributed by atoms with E-state index in [1.807, 2.05) is 0 Å². The lowest BCUT2D eigenvalue weighted by Crippen LogP contribution is -1.93. The predicted molar refractivity (Wildman–Crippen MR) is 214 cm³/mol. The molecule has 0 amide bonds. The van der Waals surface area contributed by atoms with Crippen molar-refractivity contribution in [1.29, 1.82) is 0 Å². The third kappa shape index (κ3) is 4.14. The maximum absolute atomic E-state index is 5.14. The lowest BCUT2D eigenvalue weighted by Gasteiger charge is -2.20. The molecule has 2 heteroatoms. The summed E-state index contributed by atoms with van der Waals surface area (Å²) in [6, 6.07) is 61.9. The van der Waals surface area contributed by atoms with Crippen molar-refractivity contribution >= 4 is 38.0 Å². The molecule has 0 saturated carbocycles. The van der Waals surface area contributed by atoms with Crippen LogP contribution in [-0.2, 0) is 0 Å². The summed E-state index contributed by atoms with van der Waals surface area (Å²) in [5.41, 5.74) is 15.8. The number of pyridine rings is 1. The molecule has 51 heavy (non-hydrogen) atoms. The topological polar surface area (TPSA) is 17.3 Å². The van der Waals surface area contributed by atoms with Gasteiger partial charge in [0.15, 0.2) is 0 Å². The molecular formula is C49H30N2. The van der Waals surface area contributed by atoms with Gasteiger partial charge < -0.3 is 4.40 Å². The minimum absolute atomic E-state index is 0.971. The summed E-state index contributed by atoms with van der Waals surface area (Å²) >= 11 is 0. The summed E-state index contributed by atoms with van der Waals surface area (Å²) in [5, 5.41) is 7.50. The molecule has 0 atom stereocenters. The molecule has 0 fully saturated rings. The highest BCUT2D eigenvalue weighted by atomic mass is 15.0. The summed E-state index contributed by atoms with van der Waals surface area (Å²) in [6.07, 6.45) is 4.25. The fourth-order valence-corrected chi connectivity index (χ4v) is 8.56. The van der Waals surface area contributed by atoms with Gasteiger partial charge in [0, 0.05) is 23.3 Å². The maximum Gasteiger partial charge on any atom is 0.145 e. The summed E-state index contributed by atoms with van der Waals surface area (Å²) in [5.74, 6) is 0. The van der Waals surface area contributed by atoms with E-state index < -0.39 is 0 Å². The Balaban J connectivity index is 1.16. The van der Waals surface area contributed by atoms with E-state index in [9.17, 15) is 0 Å². The Kier molecular flexibility index (Phi) is 5.99. The number of fused-ring (bicyclic) bond motifs is 7. The monoisotopic (exact) mass is 646 g/mol. The zero-order chi connectivity index (χ0) is 33.5. The number of hydrogen-bond acceptors (Lipinski definition) is 1. The lowest BCUT2D eigenvalue weighted by atomic mass is 9.82. The molecule has 1 aliphatic carbocycles. The molecule has 0 radical (unpaired) electrons. The molecule has 8 aromatic carbocycles. The van der Waals surface area contributed by atoms with Gasteiger partial charge in [0.05, 0.1) is 5.69 Å². The quantitative estimate of drug-likeness (QED) is 0.186. The van der Waals surface area contributed by atoms with Gasteiger partial charge in [-0.25, -0.2) is 4.98 Å². The third-order valence-corrected chi connectivity index (χ3v) is 10.7. The van der Waals surface area contributed by atoms with Gasteiger partial charge >= 0.3 is 0 Å². The van der Waals surface area contributed by atoms with E-state index >= 15 is 0 Å². The van der Waals surface area contributed by atoms with E-state index in [-0.39, 0.29) is 0 Å². The first-order valence-electron chi connectivity index (χ1n) is 17.6. The van der Waals surface area contributed by atoms with Gasteiger partial charge in [-0.2, -0.15) is 0 Å². The summed E-state index contributed by atoms with van der Waals surface area (Å²) in [4.78, 5) is 5.14. The molecule has 1 aliphatic rings. The maximum atomic E-state index is 5.14. The van der Waals surface area contributed by atoms with Crippen LogP contribution in [0.1, 0.15) is 0 Å². The molecule has 0 N–H and O–H groups in total. The fraction of sp³-hybridized carbons (Fsp3) is 0. The lowest BCUT2D eigenvalue weighted by molar-refractivity contribution is 1.20. The van der Waals surface area contributed by atoms with Crippen LogP contribution >= 0.6 is 0 Å². The molecule has 0 saturated heterocycles. The van der Waals surface area contributed by atoms with Gasteiger partial charge in [0.1, 0.15) is 5.65 Å². The van der Waals surface area contributed by atoms with Crippen LogP contribution in [0.2, 0.25) is 0 Å². The Labute approximate surface area is 295 Å². The van der Waals surface area contributed by atoms with Crippen LogP contribution in [-0.4, -0.2) is 9.38 Å². The van der Waals surface area contributed by atoms with Crippen molar-refractivity contribution in [2.45, 2.75) is 0 Å². The SMILES string of the molecule is c1ccc(-c2c3c(c(-c4ccccc4)c4ccccc24)-c2ccc(-c4cccc(-c5cn6ccc7ccccc7c6n5)c4)c4cccc-3c24)cc1. The molecule has 2 aromatic heterocycles. The Morgan fingerprint density at radius 3 is 1.65 bits per heavy atom. The minimum Gasteiger partial charge on any atom is -0.306 e. The number of benzene rings is 8. The largest absolute Gasteiger partial charge is 0.306 e. The molecule has 0 aliphatic heterocycles. The standard InChI is InChI=1S/C49H30N2/c1-3-14-32(15-4-1)44-39-21-9-10-22-40(39)45(33-16-5-2-6-17-33)48-42-26-25-36(38-23-12-24-41(46(38)42)47(44)48)34-18-11-19-35(29-34)43-30-51-28-27-31-13-7-8-20-37(31)49(51)50-43/h1-30H. The Morgan fingerprint density at radius 2 is 0.922 bits per heavy atom. The highest BCUT2D eigenvalue weighted by Gasteiger charge is 2.31. The molecule has 11 rings (SSSR count). The van der Waals surface area contributed by atoms with Crippen LogP contribution in [0.25, 0.3) is 105 Å². The van der Waals surface area contributed by atoms with Crippen molar-refractivity contribution in [3.05, 3.63) is 182 Å². The van der Waals surface area contributed by atoms with Crippen LogP contribution in [0.3, 0.4) is 0 Å². The zero-order valence-corrected chi connectivity index (χ0v) is 27.7.